The van der Waals surface area contributed by atoms with E-state index in [1.807, 2.05) is 13.8 Å². The molecule has 6 heteroatoms. The van der Waals surface area contributed by atoms with E-state index in [-0.39, 0.29) is 29.6 Å². The fourth-order valence-corrected chi connectivity index (χ4v) is 3.37. The minimum atomic E-state index is -0.669. The Morgan fingerprint density at radius 2 is 2.00 bits per heavy atom. The van der Waals surface area contributed by atoms with E-state index in [1.165, 1.54) is 14.0 Å². The van der Waals surface area contributed by atoms with Crippen molar-refractivity contribution in [2.45, 2.75) is 52.1 Å². The molecule has 1 aromatic carbocycles. The number of rotatable bonds is 7. The van der Waals surface area contributed by atoms with Crippen LogP contribution in [0, 0.1) is 5.92 Å². The van der Waals surface area contributed by atoms with E-state index in [1.54, 1.807) is 29.2 Å². The van der Waals surface area contributed by atoms with Gasteiger partial charge < -0.3 is 15.0 Å². The number of hydrogen-bond acceptors (Lipinski definition) is 4. The van der Waals surface area contributed by atoms with Gasteiger partial charge in [0.25, 0.3) is 5.91 Å². The molecule has 0 bridgehead atoms. The Hall–Kier alpha value is -2.37. The summed E-state index contributed by atoms with van der Waals surface area (Å²) in [5.74, 6) is -0.118. The third kappa shape index (κ3) is 4.23. The van der Waals surface area contributed by atoms with Crippen LogP contribution in [0.15, 0.2) is 24.3 Å². The number of carbonyl (C=O) groups is 3. The summed E-state index contributed by atoms with van der Waals surface area (Å²) in [4.78, 5) is 39.3. The third-order valence-electron chi connectivity index (χ3n) is 5.12. The summed E-state index contributed by atoms with van der Waals surface area (Å²) in [6.45, 7) is 5.99. The van der Waals surface area contributed by atoms with Crippen LogP contribution >= 0.6 is 0 Å². The van der Waals surface area contributed by atoms with E-state index >= 15 is 0 Å². The number of methoxy groups -OCH3 is 1. The molecule has 142 valence electrons. The number of likely N-dealkylation sites (tertiary alicyclic amines) is 1. The Balaban J connectivity index is 2.23. The predicted molar refractivity (Wildman–Crippen MR) is 99.1 cm³/mol. The van der Waals surface area contributed by atoms with E-state index in [9.17, 15) is 14.4 Å². The van der Waals surface area contributed by atoms with Crippen molar-refractivity contribution < 1.29 is 19.1 Å². The van der Waals surface area contributed by atoms with Gasteiger partial charge in [-0.1, -0.05) is 32.4 Å². The first-order valence-electron chi connectivity index (χ1n) is 9.15. The smallest absolute Gasteiger partial charge is 0.255 e. The van der Waals surface area contributed by atoms with Crippen molar-refractivity contribution in [2.75, 3.05) is 13.7 Å². The molecular formula is C20H28N2O4. The van der Waals surface area contributed by atoms with E-state index in [4.69, 9.17) is 4.74 Å². The quantitative estimate of drug-likeness (QED) is 0.810. The number of nitrogens with one attached hydrogen (secondary N) is 1. The molecule has 6 nitrogen and oxygen atoms in total. The number of carbonyl (C=O) groups excluding carboxylic acids is 3. The lowest BCUT2D eigenvalue weighted by molar-refractivity contribution is -0.139. The second-order valence-electron chi connectivity index (χ2n) is 6.84. The first-order chi connectivity index (χ1) is 12.4. The molecule has 1 saturated heterocycles. The number of amides is 2. The normalized spacial score (nSPS) is 18.9. The van der Waals surface area contributed by atoms with Gasteiger partial charge in [-0.25, -0.2) is 0 Å². The Kier molecular flexibility index (Phi) is 6.77. The average Bonchev–Trinajstić information content (AvgIpc) is 3.14. The molecule has 0 spiro atoms. The molecule has 1 fully saturated rings. The van der Waals surface area contributed by atoms with E-state index in [0.717, 1.165) is 12.8 Å². The van der Waals surface area contributed by atoms with Crippen LogP contribution in [0.2, 0.25) is 0 Å². The lowest BCUT2D eigenvalue weighted by Gasteiger charge is -2.31. The lowest BCUT2D eigenvalue weighted by atomic mass is 9.96. The molecule has 0 aromatic heterocycles. The zero-order chi connectivity index (χ0) is 19.3. The molecule has 2 amide bonds. The summed E-state index contributed by atoms with van der Waals surface area (Å²) in [6, 6.07) is 5.87. The standard InChI is InChI=1S/C20H28N2O4/c1-5-13(2)18(20(25)22-12-8-10-16(22)14(3)23)21-19(24)15-9-6-7-11-17(15)26-4/h6-7,9,11,13,16,18H,5,8,10,12H2,1-4H3,(H,21,24)/t13?,16?,18-/m0/s1. The number of ether oxygens (including phenoxy) is 1. The van der Waals surface area contributed by atoms with Gasteiger partial charge in [-0.15, -0.1) is 0 Å². The second-order valence-corrected chi connectivity index (χ2v) is 6.84. The number of Topliss-reactive ketones (excluding diaryl/α,β-unsaturated/α-hetero) is 1. The van der Waals surface area contributed by atoms with Crippen molar-refractivity contribution in [3.8, 4) is 5.75 Å². The summed E-state index contributed by atoms with van der Waals surface area (Å²) in [7, 11) is 1.51. The largest absolute Gasteiger partial charge is 0.496 e. The van der Waals surface area contributed by atoms with Crippen LogP contribution in [0.5, 0.6) is 5.75 Å². The fourth-order valence-electron chi connectivity index (χ4n) is 3.37. The zero-order valence-electron chi connectivity index (χ0n) is 16.0. The van der Waals surface area contributed by atoms with E-state index < -0.39 is 6.04 Å². The van der Waals surface area contributed by atoms with Gasteiger partial charge in [-0.3, -0.25) is 14.4 Å². The Morgan fingerprint density at radius 1 is 1.31 bits per heavy atom. The van der Waals surface area contributed by atoms with Gasteiger partial charge in [-0.2, -0.15) is 0 Å². The van der Waals surface area contributed by atoms with E-state index in [0.29, 0.717) is 24.3 Å². The molecule has 2 rings (SSSR count). The van der Waals surface area contributed by atoms with E-state index in [2.05, 4.69) is 5.32 Å². The zero-order valence-corrected chi connectivity index (χ0v) is 16.0. The van der Waals surface area contributed by atoms with Crippen LogP contribution < -0.4 is 10.1 Å². The van der Waals surface area contributed by atoms with Gasteiger partial charge in [0.2, 0.25) is 5.91 Å². The number of benzene rings is 1. The summed E-state index contributed by atoms with van der Waals surface area (Å²) in [6.07, 6.45) is 2.24. The lowest BCUT2D eigenvalue weighted by Crippen LogP contribution is -2.54. The van der Waals surface area contributed by atoms with Crippen LogP contribution in [0.4, 0.5) is 0 Å². The molecule has 26 heavy (non-hydrogen) atoms. The van der Waals surface area contributed by atoms with Crippen LogP contribution in [-0.2, 0) is 9.59 Å². The SMILES string of the molecule is CCC(C)[C@H](NC(=O)c1ccccc1OC)C(=O)N1CCCC1C(C)=O. The highest BCUT2D eigenvalue weighted by molar-refractivity contribution is 6.00. The van der Waals surface area contributed by atoms with Gasteiger partial charge in [0, 0.05) is 6.54 Å². The fraction of sp³-hybridized carbons (Fsp3) is 0.550. The molecule has 2 unspecified atom stereocenters. The number of nitrogens with zero attached hydrogens (tertiary/aromatic N) is 1. The molecule has 0 saturated carbocycles. The molecular weight excluding hydrogens is 332 g/mol. The van der Waals surface area contributed by atoms with Crippen LogP contribution in [-0.4, -0.2) is 48.2 Å². The van der Waals surface area contributed by atoms with Crippen molar-refractivity contribution in [3.05, 3.63) is 29.8 Å². The maximum atomic E-state index is 13.1. The molecule has 0 radical (unpaired) electrons. The van der Waals surface area contributed by atoms with Crippen molar-refractivity contribution in [2.24, 2.45) is 5.92 Å². The highest BCUT2D eigenvalue weighted by atomic mass is 16.5. The summed E-state index contributed by atoms with van der Waals surface area (Å²) in [5, 5.41) is 2.87. The van der Waals surface area contributed by atoms with Crippen molar-refractivity contribution in [1.29, 1.82) is 0 Å². The highest BCUT2D eigenvalue weighted by Crippen LogP contribution is 2.23. The first kappa shape index (κ1) is 19.9. The third-order valence-corrected chi connectivity index (χ3v) is 5.12. The molecule has 1 aromatic rings. The topological polar surface area (TPSA) is 75.7 Å². The molecule has 3 atom stereocenters. The Labute approximate surface area is 154 Å². The molecule has 0 aliphatic carbocycles. The van der Waals surface area contributed by atoms with Crippen molar-refractivity contribution >= 4 is 17.6 Å². The van der Waals surface area contributed by atoms with Gasteiger partial charge in [0.1, 0.15) is 11.8 Å². The monoisotopic (exact) mass is 360 g/mol. The number of hydrogen-bond donors (Lipinski definition) is 1. The Bertz CT molecular complexity index is 674. The van der Waals surface area contributed by atoms with Crippen molar-refractivity contribution in [1.82, 2.24) is 10.2 Å². The highest BCUT2D eigenvalue weighted by Gasteiger charge is 2.37. The minimum absolute atomic E-state index is 0.00481. The molecule has 1 heterocycles. The van der Waals surface area contributed by atoms with Gasteiger partial charge in [0.15, 0.2) is 5.78 Å². The number of para-hydroxylation sites is 1. The predicted octanol–water partition coefficient (Wildman–Crippen LogP) is 2.42. The van der Waals surface area contributed by atoms with Gasteiger partial charge >= 0.3 is 0 Å². The van der Waals surface area contributed by atoms with Gasteiger partial charge in [-0.05, 0) is 37.8 Å². The second kappa shape index (κ2) is 8.83. The average molecular weight is 360 g/mol. The van der Waals surface area contributed by atoms with Crippen LogP contribution in [0.25, 0.3) is 0 Å². The van der Waals surface area contributed by atoms with Crippen LogP contribution in [0.3, 0.4) is 0 Å². The van der Waals surface area contributed by atoms with Crippen molar-refractivity contribution in [3.63, 3.8) is 0 Å². The Morgan fingerprint density at radius 3 is 2.62 bits per heavy atom. The summed E-state index contributed by atoms with van der Waals surface area (Å²) >= 11 is 0. The summed E-state index contributed by atoms with van der Waals surface area (Å²) in [5.41, 5.74) is 0.389. The number of ketones is 1. The maximum absolute atomic E-state index is 13.1. The molecule has 1 N–H and O–H groups in total. The van der Waals surface area contributed by atoms with Crippen LogP contribution in [0.1, 0.15) is 50.4 Å². The summed E-state index contributed by atoms with van der Waals surface area (Å²) < 4.78 is 5.24. The maximum Gasteiger partial charge on any atom is 0.255 e. The molecule has 1 aliphatic rings. The first-order valence-corrected chi connectivity index (χ1v) is 9.15. The molecule has 1 aliphatic heterocycles. The minimum Gasteiger partial charge on any atom is -0.496 e. The van der Waals surface area contributed by atoms with Gasteiger partial charge in [0.05, 0.1) is 18.7 Å².